The van der Waals surface area contributed by atoms with Crippen molar-refractivity contribution in [2.45, 2.75) is 47.1 Å². The topological polar surface area (TPSA) is 82.4 Å². The Morgan fingerprint density at radius 2 is 1.88 bits per heavy atom. The van der Waals surface area contributed by atoms with Crippen molar-refractivity contribution in [3.63, 3.8) is 0 Å². The number of carbonyl (C=O) groups excluding carboxylic acids is 1. The molecule has 0 bridgehead atoms. The first-order valence-electron chi connectivity index (χ1n) is 11.1. The molecule has 0 saturated heterocycles. The van der Waals surface area contributed by atoms with E-state index in [1.165, 1.54) is 6.33 Å². The molecule has 0 aliphatic carbocycles. The van der Waals surface area contributed by atoms with Crippen LogP contribution in [-0.4, -0.2) is 50.8 Å². The number of carbonyl (C=O) groups is 1. The lowest BCUT2D eigenvalue weighted by atomic mass is 10.1. The van der Waals surface area contributed by atoms with E-state index in [4.69, 9.17) is 9.47 Å². The Morgan fingerprint density at radius 3 is 2.53 bits per heavy atom. The van der Waals surface area contributed by atoms with Gasteiger partial charge in [0, 0.05) is 18.7 Å². The summed E-state index contributed by atoms with van der Waals surface area (Å²) in [6.07, 6.45) is 3.33. The van der Waals surface area contributed by atoms with E-state index in [1.54, 1.807) is 4.68 Å². The Hall–Kier alpha value is -3.42. The van der Waals surface area contributed by atoms with Crippen molar-refractivity contribution in [2.75, 3.05) is 19.8 Å². The van der Waals surface area contributed by atoms with Crippen LogP contribution in [0.15, 0.2) is 42.7 Å². The third-order valence-corrected chi connectivity index (χ3v) is 4.96. The van der Waals surface area contributed by atoms with Crippen LogP contribution in [0.2, 0.25) is 0 Å². The number of ether oxygens (including phenoxy) is 2. The number of rotatable bonds is 11. The summed E-state index contributed by atoms with van der Waals surface area (Å²) >= 11 is 0. The average molecular weight is 438 g/mol. The summed E-state index contributed by atoms with van der Waals surface area (Å²) in [5.41, 5.74) is 3.41. The Labute approximate surface area is 189 Å². The maximum absolute atomic E-state index is 13.3. The van der Waals surface area contributed by atoms with E-state index in [9.17, 15) is 4.79 Å². The third-order valence-electron chi connectivity index (χ3n) is 4.96. The van der Waals surface area contributed by atoms with Gasteiger partial charge in [-0.15, -0.1) is 5.10 Å². The zero-order valence-electron chi connectivity index (χ0n) is 19.2. The number of aryl methyl sites for hydroxylation is 1. The minimum absolute atomic E-state index is 0.0116. The van der Waals surface area contributed by atoms with Gasteiger partial charge < -0.3 is 14.4 Å². The van der Waals surface area contributed by atoms with Crippen LogP contribution >= 0.6 is 0 Å². The molecule has 3 rings (SSSR count). The first-order valence-corrected chi connectivity index (χ1v) is 11.1. The molecule has 0 unspecified atom stereocenters. The molecule has 0 spiro atoms. The molecule has 170 valence electrons. The van der Waals surface area contributed by atoms with Crippen LogP contribution in [0.25, 0.3) is 5.69 Å². The van der Waals surface area contributed by atoms with Crippen molar-refractivity contribution in [3.8, 4) is 17.2 Å². The maximum Gasteiger partial charge on any atom is 0.254 e. The van der Waals surface area contributed by atoms with Gasteiger partial charge in [0.2, 0.25) is 0 Å². The van der Waals surface area contributed by atoms with Crippen LogP contribution in [0.5, 0.6) is 11.5 Å². The van der Waals surface area contributed by atoms with Gasteiger partial charge in [0.15, 0.2) is 11.5 Å². The van der Waals surface area contributed by atoms with E-state index < -0.39 is 0 Å². The molecule has 1 amide bonds. The number of tetrazole rings is 1. The van der Waals surface area contributed by atoms with Crippen molar-refractivity contribution < 1.29 is 14.3 Å². The molecule has 1 heterocycles. The van der Waals surface area contributed by atoms with Crippen molar-refractivity contribution in [3.05, 3.63) is 59.4 Å². The van der Waals surface area contributed by atoms with Crippen molar-refractivity contribution in [1.82, 2.24) is 25.1 Å². The van der Waals surface area contributed by atoms with Crippen LogP contribution in [0.4, 0.5) is 0 Å². The monoisotopic (exact) mass is 437 g/mol. The standard InChI is InChI=1S/C24H31N5O3/c1-5-12-28(16-19-8-11-22(32-13-6-2)23(15-19)31-7-3)24(30)20-9-10-21(18(4)14-20)29-17-25-26-27-29/h8-11,14-15,17H,5-7,12-13,16H2,1-4H3. The normalized spacial score (nSPS) is 10.8. The van der Waals surface area contributed by atoms with Gasteiger partial charge in [-0.2, -0.15) is 0 Å². The predicted molar refractivity (Wildman–Crippen MR) is 122 cm³/mol. The van der Waals surface area contributed by atoms with Gasteiger partial charge in [-0.1, -0.05) is 19.9 Å². The fourth-order valence-corrected chi connectivity index (χ4v) is 3.49. The zero-order chi connectivity index (χ0) is 22.9. The molecule has 2 aromatic carbocycles. The minimum atomic E-state index is -0.0116. The molecule has 32 heavy (non-hydrogen) atoms. The van der Waals surface area contributed by atoms with Gasteiger partial charge in [0.25, 0.3) is 5.91 Å². The molecule has 0 atom stereocenters. The van der Waals surface area contributed by atoms with E-state index in [0.717, 1.165) is 35.4 Å². The highest BCUT2D eigenvalue weighted by Gasteiger charge is 2.18. The lowest BCUT2D eigenvalue weighted by Crippen LogP contribution is -2.31. The molecule has 0 radical (unpaired) electrons. The Bertz CT molecular complexity index is 1020. The summed E-state index contributed by atoms with van der Waals surface area (Å²) in [5.74, 6) is 1.44. The average Bonchev–Trinajstić information content (AvgIpc) is 3.32. The van der Waals surface area contributed by atoms with Gasteiger partial charge in [-0.05, 0) is 78.6 Å². The van der Waals surface area contributed by atoms with Crippen LogP contribution in [0, 0.1) is 6.92 Å². The maximum atomic E-state index is 13.3. The molecular formula is C24H31N5O3. The smallest absolute Gasteiger partial charge is 0.254 e. The van der Waals surface area contributed by atoms with E-state index in [1.807, 2.05) is 55.1 Å². The Kier molecular flexibility index (Phi) is 8.19. The quantitative estimate of drug-likeness (QED) is 0.447. The first-order chi connectivity index (χ1) is 15.6. The zero-order valence-corrected chi connectivity index (χ0v) is 19.2. The number of hydrogen-bond donors (Lipinski definition) is 0. The second-order valence-corrected chi connectivity index (χ2v) is 7.54. The molecule has 8 nitrogen and oxygen atoms in total. The van der Waals surface area contributed by atoms with Crippen molar-refractivity contribution in [2.24, 2.45) is 0 Å². The highest BCUT2D eigenvalue weighted by Crippen LogP contribution is 2.29. The van der Waals surface area contributed by atoms with Crippen LogP contribution in [-0.2, 0) is 6.54 Å². The molecule has 0 saturated carbocycles. The Balaban J connectivity index is 1.81. The van der Waals surface area contributed by atoms with Crippen LogP contribution in [0.3, 0.4) is 0 Å². The van der Waals surface area contributed by atoms with E-state index in [-0.39, 0.29) is 5.91 Å². The molecule has 0 aliphatic rings. The summed E-state index contributed by atoms with van der Waals surface area (Å²) < 4.78 is 13.2. The summed E-state index contributed by atoms with van der Waals surface area (Å²) in [6, 6.07) is 11.5. The highest BCUT2D eigenvalue weighted by atomic mass is 16.5. The molecule has 0 N–H and O–H groups in total. The fraction of sp³-hybridized carbons (Fsp3) is 0.417. The molecule has 1 aromatic heterocycles. The van der Waals surface area contributed by atoms with Crippen molar-refractivity contribution in [1.29, 1.82) is 0 Å². The van der Waals surface area contributed by atoms with Gasteiger partial charge >= 0.3 is 0 Å². The number of amides is 1. The summed E-state index contributed by atoms with van der Waals surface area (Å²) in [6.45, 7) is 10.4. The summed E-state index contributed by atoms with van der Waals surface area (Å²) in [7, 11) is 0. The number of hydrogen-bond acceptors (Lipinski definition) is 6. The first kappa shape index (κ1) is 23.2. The molecule has 0 fully saturated rings. The number of aromatic nitrogens is 4. The van der Waals surface area contributed by atoms with Gasteiger partial charge in [0.1, 0.15) is 6.33 Å². The highest BCUT2D eigenvalue weighted by molar-refractivity contribution is 5.94. The van der Waals surface area contributed by atoms with E-state index >= 15 is 0 Å². The van der Waals surface area contributed by atoms with Crippen LogP contribution in [0.1, 0.15) is 55.1 Å². The minimum Gasteiger partial charge on any atom is -0.490 e. The van der Waals surface area contributed by atoms with Crippen molar-refractivity contribution >= 4 is 5.91 Å². The van der Waals surface area contributed by atoms with Crippen LogP contribution < -0.4 is 9.47 Å². The molecule has 3 aromatic rings. The second-order valence-electron chi connectivity index (χ2n) is 7.54. The van der Waals surface area contributed by atoms with E-state index in [0.29, 0.717) is 37.6 Å². The van der Waals surface area contributed by atoms with Gasteiger partial charge in [-0.25, -0.2) is 4.68 Å². The van der Waals surface area contributed by atoms with Gasteiger partial charge in [0.05, 0.1) is 18.9 Å². The lowest BCUT2D eigenvalue weighted by molar-refractivity contribution is 0.0743. The molecule has 8 heteroatoms. The SMILES string of the molecule is CCCOc1ccc(CN(CCC)C(=O)c2ccc(-n3cnnn3)c(C)c2)cc1OCC. The number of nitrogens with zero attached hydrogens (tertiary/aromatic N) is 5. The predicted octanol–water partition coefficient (Wildman–Crippen LogP) is 4.21. The summed E-state index contributed by atoms with van der Waals surface area (Å²) in [4.78, 5) is 15.2. The van der Waals surface area contributed by atoms with Gasteiger partial charge in [-0.3, -0.25) is 4.79 Å². The summed E-state index contributed by atoms with van der Waals surface area (Å²) in [5, 5.41) is 11.3. The Morgan fingerprint density at radius 1 is 1.03 bits per heavy atom. The lowest BCUT2D eigenvalue weighted by Gasteiger charge is -2.23. The molecule has 0 aliphatic heterocycles. The number of benzene rings is 2. The second kappa shape index (κ2) is 11.3. The largest absolute Gasteiger partial charge is 0.490 e. The van der Waals surface area contributed by atoms with E-state index in [2.05, 4.69) is 29.4 Å². The fourth-order valence-electron chi connectivity index (χ4n) is 3.49. The third kappa shape index (κ3) is 5.63. The molecular weight excluding hydrogens is 406 g/mol.